The number of benzene rings is 1. The van der Waals surface area contributed by atoms with Crippen LogP contribution in [0.4, 0.5) is 11.5 Å². The summed E-state index contributed by atoms with van der Waals surface area (Å²) in [4.78, 5) is 24.3. The largest absolute Gasteiger partial charge is 0.402 e. The Labute approximate surface area is 145 Å². The van der Waals surface area contributed by atoms with E-state index in [4.69, 9.17) is 5.73 Å². The van der Waals surface area contributed by atoms with Gasteiger partial charge in [-0.1, -0.05) is 18.2 Å². The van der Waals surface area contributed by atoms with Crippen molar-refractivity contribution in [3.8, 4) is 0 Å². The molecular formula is C19H19N5O. The van der Waals surface area contributed by atoms with E-state index in [0.29, 0.717) is 28.4 Å². The number of hydrogen-bond donors (Lipinski definition) is 3. The molecule has 25 heavy (non-hydrogen) atoms. The van der Waals surface area contributed by atoms with Gasteiger partial charge in [0.2, 0.25) is 5.78 Å². The van der Waals surface area contributed by atoms with E-state index in [0.717, 1.165) is 11.1 Å². The lowest BCUT2D eigenvalue weighted by Crippen LogP contribution is -2.13. The van der Waals surface area contributed by atoms with Crippen LogP contribution >= 0.6 is 0 Å². The number of nitrogens with one attached hydrogen (secondary N) is 2. The fraction of sp³-hybridized carbons (Fsp3) is 0.105. The van der Waals surface area contributed by atoms with Crippen molar-refractivity contribution in [2.75, 3.05) is 12.4 Å². The molecule has 4 N–H and O–H groups in total. The van der Waals surface area contributed by atoms with Crippen LogP contribution in [-0.4, -0.2) is 28.5 Å². The Hall–Kier alpha value is -3.41. The van der Waals surface area contributed by atoms with Gasteiger partial charge < -0.3 is 16.0 Å². The Balaban J connectivity index is 1.92. The maximum absolute atomic E-state index is 12.7. The number of para-hydroxylation sites is 1. The number of pyridine rings is 1. The Morgan fingerprint density at radius 3 is 2.68 bits per heavy atom. The summed E-state index contributed by atoms with van der Waals surface area (Å²) >= 11 is 0. The SMILES string of the molecule is CN=C(C=C(C)N)C(=O)c1c[nH]c2nc(Nc3ccccc3)ccc12. The molecule has 6 nitrogen and oxygen atoms in total. The monoisotopic (exact) mass is 333 g/mol. The van der Waals surface area contributed by atoms with Gasteiger partial charge in [0.05, 0.1) is 5.56 Å². The highest BCUT2D eigenvalue weighted by atomic mass is 16.1. The molecule has 3 rings (SSSR count). The average molecular weight is 333 g/mol. The first-order valence-corrected chi connectivity index (χ1v) is 7.84. The van der Waals surface area contributed by atoms with Crippen molar-refractivity contribution < 1.29 is 4.79 Å². The number of aliphatic imine (C=N–C) groups is 1. The van der Waals surface area contributed by atoms with E-state index in [1.165, 1.54) is 0 Å². The molecule has 0 unspecified atom stereocenters. The molecule has 0 saturated heterocycles. The molecule has 0 saturated carbocycles. The van der Waals surface area contributed by atoms with Gasteiger partial charge in [0.25, 0.3) is 0 Å². The number of hydrogen-bond acceptors (Lipinski definition) is 5. The summed E-state index contributed by atoms with van der Waals surface area (Å²) < 4.78 is 0. The van der Waals surface area contributed by atoms with Crippen LogP contribution in [0.2, 0.25) is 0 Å². The topological polar surface area (TPSA) is 96.2 Å². The highest BCUT2D eigenvalue weighted by molar-refractivity contribution is 6.51. The van der Waals surface area contributed by atoms with Crippen molar-refractivity contribution in [3.05, 3.63) is 66.0 Å². The van der Waals surface area contributed by atoms with E-state index in [2.05, 4.69) is 20.3 Å². The molecule has 1 aromatic carbocycles. The second-order valence-electron chi connectivity index (χ2n) is 5.61. The van der Waals surface area contributed by atoms with E-state index < -0.39 is 0 Å². The summed E-state index contributed by atoms with van der Waals surface area (Å²) in [6.45, 7) is 1.72. The number of anilines is 2. The number of H-pyrrole nitrogens is 1. The summed E-state index contributed by atoms with van der Waals surface area (Å²) in [5.74, 6) is 0.505. The molecule has 6 heteroatoms. The Morgan fingerprint density at radius 2 is 2.00 bits per heavy atom. The van der Waals surface area contributed by atoms with Gasteiger partial charge in [-0.2, -0.15) is 0 Å². The van der Waals surface area contributed by atoms with Crippen LogP contribution in [0.1, 0.15) is 17.3 Å². The van der Waals surface area contributed by atoms with Crippen LogP contribution in [0.5, 0.6) is 0 Å². The van der Waals surface area contributed by atoms with E-state index in [1.54, 1.807) is 26.2 Å². The maximum atomic E-state index is 12.7. The number of aromatic amines is 1. The Morgan fingerprint density at radius 1 is 1.24 bits per heavy atom. The molecule has 0 radical (unpaired) electrons. The van der Waals surface area contributed by atoms with Crippen molar-refractivity contribution >= 4 is 34.0 Å². The molecule has 0 amide bonds. The molecule has 0 spiro atoms. The number of Topliss-reactive ketones (excluding diaryl/α,β-unsaturated/α-hetero) is 1. The number of ketones is 1. The van der Waals surface area contributed by atoms with Gasteiger partial charge in [-0.25, -0.2) is 4.98 Å². The lowest BCUT2D eigenvalue weighted by Gasteiger charge is -2.05. The second-order valence-corrected chi connectivity index (χ2v) is 5.61. The van der Waals surface area contributed by atoms with Crippen LogP contribution < -0.4 is 11.1 Å². The van der Waals surface area contributed by atoms with Crippen LogP contribution in [0.3, 0.4) is 0 Å². The molecule has 2 aromatic heterocycles. The third kappa shape index (κ3) is 3.58. The summed E-state index contributed by atoms with van der Waals surface area (Å²) in [6.07, 6.45) is 3.22. The number of allylic oxidation sites excluding steroid dienone is 2. The molecule has 0 aliphatic heterocycles. The van der Waals surface area contributed by atoms with Gasteiger partial charge in [0, 0.05) is 30.0 Å². The zero-order chi connectivity index (χ0) is 17.8. The number of fused-ring (bicyclic) bond motifs is 1. The number of aromatic nitrogens is 2. The molecule has 0 bridgehead atoms. The summed E-state index contributed by atoms with van der Waals surface area (Å²) in [5.41, 5.74) is 8.61. The predicted octanol–water partition coefficient (Wildman–Crippen LogP) is 3.42. The van der Waals surface area contributed by atoms with Gasteiger partial charge in [-0.3, -0.25) is 9.79 Å². The molecule has 3 aromatic rings. The van der Waals surface area contributed by atoms with Crippen LogP contribution in [0, 0.1) is 0 Å². The van der Waals surface area contributed by atoms with Gasteiger partial charge in [0.1, 0.15) is 17.2 Å². The summed E-state index contributed by atoms with van der Waals surface area (Å²) in [7, 11) is 1.57. The van der Waals surface area contributed by atoms with Crippen LogP contribution in [-0.2, 0) is 0 Å². The van der Waals surface area contributed by atoms with E-state index in [9.17, 15) is 4.79 Å². The quantitative estimate of drug-likeness (QED) is 0.492. The smallest absolute Gasteiger partial charge is 0.213 e. The lowest BCUT2D eigenvalue weighted by molar-refractivity contribution is 0.106. The average Bonchev–Trinajstić information content (AvgIpc) is 3.03. The van der Waals surface area contributed by atoms with Gasteiger partial charge >= 0.3 is 0 Å². The number of carbonyl (C=O) groups is 1. The highest BCUT2D eigenvalue weighted by Crippen LogP contribution is 2.22. The van der Waals surface area contributed by atoms with Crippen LogP contribution in [0.25, 0.3) is 11.0 Å². The van der Waals surface area contributed by atoms with Crippen LogP contribution in [0.15, 0.2) is 65.4 Å². The second kappa shape index (κ2) is 7.00. The minimum atomic E-state index is -0.191. The number of rotatable bonds is 5. The maximum Gasteiger partial charge on any atom is 0.213 e. The number of carbonyl (C=O) groups excluding carboxylic acids is 1. The summed E-state index contributed by atoms with van der Waals surface area (Å²) in [6, 6.07) is 13.5. The molecule has 0 atom stereocenters. The summed E-state index contributed by atoms with van der Waals surface area (Å²) in [5, 5.41) is 3.97. The standard InChI is InChI=1S/C19H19N5O/c1-12(20)10-16(21-2)18(25)15-11-22-19-14(15)8-9-17(24-19)23-13-6-4-3-5-7-13/h3-11H,20H2,1-2H3,(H2,22,23,24). The van der Waals surface area contributed by atoms with Gasteiger partial charge in [-0.15, -0.1) is 0 Å². The predicted molar refractivity (Wildman–Crippen MR) is 101 cm³/mol. The molecule has 0 aliphatic carbocycles. The lowest BCUT2D eigenvalue weighted by atomic mass is 10.1. The molecule has 126 valence electrons. The first-order valence-electron chi connectivity index (χ1n) is 7.84. The zero-order valence-corrected chi connectivity index (χ0v) is 14.1. The molecule has 2 heterocycles. The van der Waals surface area contributed by atoms with Crippen molar-refractivity contribution in [3.63, 3.8) is 0 Å². The van der Waals surface area contributed by atoms with E-state index >= 15 is 0 Å². The fourth-order valence-electron chi connectivity index (χ4n) is 2.52. The Kier molecular flexibility index (Phi) is 4.61. The van der Waals surface area contributed by atoms with Crippen molar-refractivity contribution in [2.24, 2.45) is 10.7 Å². The van der Waals surface area contributed by atoms with Crippen molar-refractivity contribution in [1.82, 2.24) is 9.97 Å². The zero-order valence-electron chi connectivity index (χ0n) is 14.1. The molecule has 0 fully saturated rings. The minimum Gasteiger partial charge on any atom is -0.402 e. The first kappa shape index (κ1) is 16.4. The highest BCUT2D eigenvalue weighted by Gasteiger charge is 2.17. The third-order valence-electron chi connectivity index (χ3n) is 3.67. The molecular weight excluding hydrogens is 314 g/mol. The normalized spacial score (nSPS) is 12.4. The third-order valence-corrected chi connectivity index (χ3v) is 3.67. The number of nitrogens with zero attached hydrogens (tertiary/aromatic N) is 2. The van der Waals surface area contributed by atoms with E-state index in [-0.39, 0.29) is 5.78 Å². The fourth-order valence-corrected chi connectivity index (χ4v) is 2.52. The first-order chi connectivity index (χ1) is 12.1. The van der Waals surface area contributed by atoms with Gasteiger partial charge in [-0.05, 0) is 37.3 Å². The minimum absolute atomic E-state index is 0.191. The van der Waals surface area contributed by atoms with Gasteiger partial charge in [0.15, 0.2) is 0 Å². The van der Waals surface area contributed by atoms with Crippen molar-refractivity contribution in [2.45, 2.75) is 6.92 Å². The van der Waals surface area contributed by atoms with Crippen molar-refractivity contribution in [1.29, 1.82) is 0 Å². The molecule has 0 aliphatic rings. The van der Waals surface area contributed by atoms with E-state index in [1.807, 2.05) is 42.5 Å². The number of nitrogens with two attached hydrogens (primary N) is 1. The Bertz CT molecular complexity index is 966.